The molecule has 1 aromatic carbocycles. The van der Waals surface area contributed by atoms with Gasteiger partial charge in [-0.2, -0.15) is 9.61 Å². The summed E-state index contributed by atoms with van der Waals surface area (Å²) >= 11 is 0. The van der Waals surface area contributed by atoms with Crippen molar-refractivity contribution in [2.24, 2.45) is 0 Å². The molecule has 1 aliphatic heterocycles. The summed E-state index contributed by atoms with van der Waals surface area (Å²) in [4.78, 5) is 4.82. The average molecular weight is 352 g/mol. The maximum atomic E-state index is 13.2. The third-order valence-corrected chi connectivity index (χ3v) is 5.29. The predicted octanol–water partition coefficient (Wildman–Crippen LogP) is 3.62. The van der Waals surface area contributed by atoms with Gasteiger partial charge in [0.15, 0.2) is 5.65 Å². The van der Waals surface area contributed by atoms with Gasteiger partial charge in [0.1, 0.15) is 11.6 Å². The number of benzene rings is 1. The summed E-state index contributed by atoms with van der Waals surface area (Å²) in [6, 6.07) is 8.41. The van der Waals surface area contributed by atoms with Gasteiger partial charge in [0.25, 0.3) is 0 Å². The molecule has 134 valence electrons. The van der Waals surface area contributed by atoms with E-state index in [9.17, 15) is 4.39 Å². The van der Waals surface area contributed by atoms with Crippen LogP contribution in [0.3, 0.4) is 0 Å². The van der Waals surface area contributed by atoms with Crippen LogP contribution in [0.1, 0.15) is 30.5 Å². The van der Waals surface area contributed by atoms with Gasteiger partial charge in [-0.25, -0.2) is 9.37 Å². The Labute approximate surface area is 151 Å². The van der Waals surface area contributed by atoms with E-state index >= 15 is 0 Å². The summed E-state index contributed by atoms with van der Waals surface area (Å²) in [5, 5.41) is 8.34. The normalized spacial score (nSPS) is 19.2. The lowest BCUT2D eigenvalue weighted by molar-refractivity contribution is 0.120. The number of hydrogen-bond donors (Lipinski definition) is 1. The molecule has 0 radical (unpaired) electrons. The quantitative estimate of drug-likeness (QED) is 0.779. The zero-order valence-electron chi connectivity index (χ0n) is 14.5. The van der Waals surface area contributed by atoms with Crippen LogP contribution in [0, 0.1) is 5.82 Å². The Hall–Kier alpha value is -2.47. The molecule has 1 atom stereocenters. The summed E-state index contributed by atoms with van der Waals surface area (Å²) in [5.41, 5.74) is 4.96. The van der Waals surface area contributed by atoms with Crippen molar-refractivity contribution in [3.05, 3.63) is 47.4 Å². The SMILES string of the molecule is Fc1ccc(-c2cc3nc4c(c(NC[C@H]5CCCO5)n3n2)CCC4)cc1. The Morgan fingerprint density at radius 3 is 2.88 bits per heavy atom. The molecule has 3 aromatic rings. The molecule has 2 aromatic heterocycles. The monoisotopic (exact) mass is 352 g/mol. The number of aromatic nitrogens is 3. The molecule has 1 N–H and O–H groups in total. The Morgan fingerprint density at radius 2 is 2.08 bits per heavy atom. The van der Waals surface area contributed by atoms with Gasteiger partial charge < -0.3 is 10.1 Å². The van der Waals surface area contributed by atoms with Gasteiger partial charge in [-0.05, 0) is 56.4 Å². The first-order valence-electron chi connectivity index (χ1n) is 9.31. The first kappa shape index (κ1) is 15.8. The summed E-state index contributed by atoms with van der Waals surface area (Å²) < 4.78 is 20.9. The first-order valence-corrected chi connectivity index (χ1v) is 9.31. The third kappa shape index (κ3) is 2.74. The molecule has 3 heterocycles. The lowest BCUT2D eigenvalue weighted by atomic mass is 10.1. The molecule has 26 heavy (non-hydrogen) atoms. The lowest BCUT2D eigenvalue weighted by Gasteiger charge is -2.16. The highest BCUT2D eigenvalue weighted by atomic mass is 19.1. The Kier molecular flexibility index (Phi) is 3.85. The predicted molar refractivity (Wildman–Crippen MR) is 97.9 cm³/mol. The van der Waals surface area contributed by atoms with E-state index in [0.717, 1.165) is 73.7 Å². The second kappa shape index (κ2) is 6.36. The van der Waals surface area contributed by atoms with Crippen molar-refractivity contribution in [1.82, 2.24) is 14.6 Å². The standard InChI is InChI=1S/C20H21FN4O/c21-14-8-6-13(7-9-14)18-11-19-23-17-5-1-4-16(17)20(25(19)24-18)22-12-15-3-2-10-26-15/h6-9,11,15,22H,1-5,10,12H2/t15-/m1/s1. The number of halogens is 1. The van der Waals surface area contributed by atoms with Gasteiger partial charge in [-0.3, -0.25) is 0 Å². The summed E-state index contributed by atoms with van der Waals surface area (Å²) in [6.45, 7) is 1.64. The van der Waals surface area contributed by atoms with E-state index in [0.29, 0.717) is 0 Å². The van der Waals surface area contributed by atoms with Crippen molar-refractivity contribution >= 4 is 11.5 Å². The molecule has 1 fully saturated rings. The fourth-order valence-electron chi connectivity index (χ4n) is 3.95. The van der Waals surface area contributed by atoms with Crippen molar-refractivity contribution in [2.45, 2.75) is 38.2 Å². The molecule has 5 rings (SSSR count). The number of anilines is 1. The summed E-state index contributed by atoms with van der Waals surface area (Å²) in [5.74, 6) is 0.792. The van der Waals surface area contributed by atoms with E-state index in [1.54, 1.807) is 12.1 Å². The number of aryl methyl sites for hydroxylation is 1. The second-order valence-electron chi connectivity index (χ2n) is 7.06. The van der Waals surface area contributed by atoms with E-state index in [2.05, 4.69) is 5.32 Å². The summed E-state index contributed by atoms with van der Waals surface area (Å²) in [7, 11) is 0. The van der Waals surface area contributed by atoms with Gasteiger partial charge in [-0.1, -0.05) is 0 Å². The van der Waals surface area contributed by atoms with Gasteiger partial charge in [0.05, 0.1) is 11.8 Å². The van der Waals surface area contributed by atoms with Crippen LogP contribution >= 0.6 is 0 Å². The Bertz CT molecular complexity index is 945. The molecule has 0 bridgehead atoms. The third-order valence-electron chi connectivity index (χ3n) is 5.29. The number of nitrogens with one attached hydrogen (secondary N) is 1. The Balaban J connectivity index is 1.55. The Morgan fingerprint density at radius 1 is 1.19 bits per heavy atom. The van der Waals surface area contributed by atoms with Crippen LogP contribution < -0.4 is 5.32 Å². The first-order chi connectivity index (χ1) is 12.8. The average Bonchev–Trinajstić information content (AvgIpc) is 3.39. The molecule has 0 unspecified atom stereocenters. The van der Waals surface area contributed by atoms with Crippen molar-refractivity contribution in [3.8, 4) is 11.3 Å². The van der Waals surface area contributed by atoms with E-state index in [1.165, 1.54) is 17.7 Å². The molecule has 0 amide bonds. The smallest absolute Gasteiger partial charge is 0.158 e. The highest BCUT2D eigenvalue weighted by Gasteiger charge is 2.23. The number of hydrogen-bond acceptors (Lipinski definition) is 4. The van der Waals surface area contributed by atoms with Crippen LogP contribution in [-0.2, 0) is 17.6 Å². The molecule has 0 saturated carbocycles. The minimum atomic E-state index is -0.242. The van der Waals surface area contributed by atoms with Gasteiger partial charge >= 0.3 is 0 Å². The molecule has 0 spiro atoms. The molecular formula is C20H21FN4O. The van der Waals surface area contributed by atoms with Crippen LogP contribution in [0.5, 0.6) is 0 Å². The number of nitrogens with zero attached hydrogens (tertiary/aromatic N) is 3. The minimum Gasteiger partial charge on any atom is -0.376 e. The fourth-order valence-corrected chi connectivity index (χ4v) is 3.95. The summed E-state index contributed by atoms with van der Waals surface area (Å²) in [6.07, 6.45) is 5.67. The zero-order chi connectivity index (χ0) is 17.5. The minimum absolute atomic E-state index is 0.242. The number of ether oxygens (including phenoxy) is 1. The topological polar surface area (TPSA) is 51.5 Å². The van der Waals surface area contributed by atoms with Crippen LogP contribution in [0.25, 0.3) is 16.9 Å². The molecule has 1 aliphatic carbocycles. The highest BCUT2D eigenvalue weighted by Crippen LogP contribution is 2.30. The van der Waals surface area contributed by atoms with E-state index in [4.69, 9.17) is 14.8 Å². The van der Waals surface area contributed by atoms with Crippen LogP contribution in [0.2, 0.25) is 0 Å². The highest BCUT2D eigenvalue weighted by molar-refractivity contribution is 5.67. The van der Waals surface area contributed by atoms with Crippen molar-refractivity contribution < 1.29 is 9.13 Å². The van der Waals surface area contributed by atoms with Crippen molar-refractivity contribution in [3.63, 3.8) is 0 Å². The maximum Gasteiger partial charge on any atom is 0.158 e. The maximum absolute atomic E-state index is 13.2. The zero-order valence-corrected chi connectivity index (χ0v) is 14.5. The molecule has 1 saturated heterocycles. The number of rotatable bonds is 4. The van der Waals surface area contributed by atoms with Crippen molar-refractivity contribution in [1.29, 1.82) is 0 Å². The van der Waals surface area contributed by atoms with E-state index in [1.807, 2.05) is 10.6 Å². The van der Waals surface area contributed by atoms with Crippen LogP contribution in [-0.4, -0.2) is 33.9 Å². The number of fused-ring (bicyclic) bond motifs is 2. The molecular weight excluding hydrogens is 331 g/mol. The van der Waals surface area contributed by atoms with Gasteiger partial charge in [0.2, 0.25) is 0 Å². The fraction of sp³-hybridized carbons (Fsp3) is 0.400. The van der Waals surface area contributed by atoms with Crippen LogP contribution in [0.4, 0.5) is 10.2 Å². The molecule has 6 heteroatoms. The van der Waals surface area contributed by atoms with E-state index in [-0.39, 0.29) is 11.9 Å². The van der Waals surface area contributed by atoms with Crippen LogP contribution in [0.15, 0.2) is 30.3 Å². The lowest BCUT2D eigenvalue weighted by Crippen LogP contribution is -2.21. The molecule has 5 nitrogen and oxygen atoms in total. The largest absolute Gasteiger partial charge is 0.376 e. The second-order valence-corrected chi connectivity index (χ2v) is 7.06. The van der Waals surface area contributed by atoms with Gasteiger partial charge in [-0.15, -0.1) is 0 Å². The molecule has 2 aliphatic rings. The van der Waals surface area contributed by atoms with E-state index < -0.39 is 0 Å². The van der Waals surface area contributed by atoms with Gasteiger partial charge in [0, 0.05) is 36.0 Å². The van der Waals surface area contributed by atoms with Crippen molar-refractivity contribution in [2.75, 3.05) is 18.5 Å².